The molecule has 1 unspecified atom stereocenters. The molecule has 3 rings (SSSR count). The zero-order chi connectivity index (χ0) is 16.1. The number of H-pyrrole nitrogens is 1. The predicted molar refractivity (Wildman–Crippen MR) is 84.4 cm³/mol. The second-order valence-electron chi connectivity index (χ2n) is 5.18. The van der Waals surface area contributed by atoms with Gasteiger partial charge in [0.15, 0.2) is 16.7 Å². The van der Waals surface area contributed by atoms with Gasteiger partial charge in [0, 0.05) is 12.4 Å². The number of para-hydroxylation sites is 1. The fourth-order valence-electron chi connectivity index (χ4n) is 2.41. The van der Waals surface area contributed by atoms with Crippen LogP contribution in [-0.2, 0) is 11.3 Å². The van der Waals surface area contributed by atoms with Crippen LogP contribution in [0.1, 0.15) is 12.8 Å². The lowest BCUT2D eigenvalue weighted by molar-refractivity contribution is 0.0941. The van der Waals surface area contributed by atoms with Crippen LogP contribution in [0.3, 0.4) is 0 Å². The SMILES string of the molecule is O=c1[nH]nc(SCCOc2ccccc2F)n1CC1CCCO1. The van der Waals surface area contributed by atoms with Crippen molar-refractivity contribution in [2.45, 2.75) is 30.6 Å². The first-order chi connectivity index (χ1) is 11.2. The van der Waals surface area contributed by atoms with Crippen molar-refractivity contribution in [2.75, 3.05) is 19.0 Å². The van der Waals surface area contributed by atoms with Crippen LogP contribution in [0.4, 0.5) is 4.39 Å². The zero-order valence-electron chi connectivity index (χ0n) is 12.5. The number of halogens is 1. The molecule has 1 N–H and O–H groups in total. The van der Waals surface area contributed by atoms with Crippen LogP contribution in [0, 0.1) is 5.82 Å². The first-order valence-corrected chi connectivity index (χ1v) is 8.49. The van der Waals surface area contributed by atoms with Gasteiger partial charge in [0.2, 0.25) is 0 Å². The Labute approximate surface area is 137 Å². The van der Waals surface area contributed by atoms with E-state index < -0.39 is 0 Å². The number of ether oxygens (including phenoxy) is 2. The van der Waals surface area contributed by atoms with Crippen LogP contribution in [0.25, 0.3) is 0 Å². The number of nitrogens with zero attached hydrogens (tertiary/aromatic N) is 2. The van der Waals surface area contributed by atoms with Gasteiger partial charge in [-0.25, -0.2) is 14.3 Å². The van der Waals surface area contributed by atoms with Crippen molar-refractivity contribution < 1.29 is 13.9 Å². The van der Waals surface area contributed by atoms with Gasteiger partial charge in [0.25, 0.3) is 0 Å². The zero-order valence-corrected chi connectivity index (χ0v) is 13.4. The highest BCUT2D eigenvalue weighted by molar-refractivity contribution is 7.99. The third kappa shape index (κ3) is 4.14. The molecule has 1 atom stereocenters. The maximum Gasteiger partial charge on any atom is 0.344 e. The van der Waals surface area contributed by atoms with Crippen molar-refractivity contribution in [2.24, 2.45) is 0 Å². The summed E-state index contributed by atoms with van der Waals surface area (Å²) in [6.07, 6.45) is 2.05. The number of hydrogen-bond acceptors (Lipinski definition) is 5. The molecule has 124 valence electrons. The second kappa shape index (κ2) is 7.65. The largest absolute Gasteiger partial charge is 0.490 e. The summed E-state index contributed by atoms with van der Waals surface area (Å²) in [4.78, 5) is 11.8. The number of aromatic amines is 1. The van der Waals surface area contributed by atoms with Crippen LogP contribution < -0.4 is 10.4 Å². The molecule has 1 aliphatic rings. The van der Waals surface area contributed by atoms with Crippen LogP contribution in [0.15, 0.2) is 34.2 Å². The minimum atomic E-state index is -0.382. The highest BCUT2D eigenvalue weighted by atomic mass is 32.2. The highest BCUT2D eigenvalue weighted by Crippen LogP contribution is 2.19. The number of benzene rings is 1. The number of rotatable bonds is 7. The van der Waals surface area contributed by atoms with Gasteiger partial charge >= 0.3 is 5.69 Å². The third-order valence-electron chi connectivity index (χ3n) is 3.54. The van der Waals surface area contributed by atoms with E-state index >= 15 is 0 Å². The third-order valence-corrected chi connectivity index (χ3v) is 4.48. The maximum atomic E-state index is 13.4. The molecule has 0 bridgehead atoms. The van der Waals surface area contributed by atoms with Gasteiger partial charge < -0.3 is 9.47 Å². The number of nitrogens with one attached hydrogen (secondary N) is 1. The van der Waals surface area contributed by atoms with Gasteiger partial charge in [0.05, 0.1) is 19.3 Å². The van der Waals surface area contributed by atoms with E-state index in [0.717, 1.165) is 19.4 Å². The lowest BCUT2D eigenvalue weighted by Crippen LogP contribution is -2.25. The Hall–Kier alpha value is -1.80. The van der Waals surface area contributed by atoms with Crippen LogP contribution >= 0.6 is 11.8 Å². The molecule has 0 radical (unpaired) electrons. The Morgan fingerprint density at radius 2 is 2.35 bits per heavy atom. The normalized spacial score (nSPS) is 17.5. The smallest absolute Gasteiger partial charge is 0.344 e. The summed E-state index contributed by atoms with van der Waals surface area (Å²) in [5, 5.41) is 7.08. The number of aromatic nitrogens is 3. The monoisotopic (exact) mass is 339 g/mol. The lowest BCUT2D eigenvalue weighted by Gasteiger charge is -2.11. The van der Waals surface area contributed by atoms with E-state index in [-0.39, 0.29) is 23.4 Å². The Balaban J connectivity index is 1.52. The summed E-state index contributed by atoms with van der Waals surface area (Å²) in [6, 6.07) is 6.28. The number of thioether (sulfide) groups is 1. The first kappa shape index (κ1) is 16.1. The van der Waals surface area contributed by atoms with Gasteiger partial charge in [-0.2, -0.15) is 0 Å². The predicted octanol–water partition coefficient (Wildman–Crippen LogP) is 2.06. The molecule has 1 aromatic heterocycles. The molecule has 2 aromatic rings. The van der Waals surface area contributed by atoms with E-state index in [0.29, 0.717) is 24.1 Å². The maximum absolute atomic E-state index is 13.4. The van der Waals surface area contributed by atoms with Crippen molar-refractivity contribution in [1.82, 2.24) is 14.8 Å². The standard InChI is InChI=1S/C15H18FN3O3S/c16-12-5-1-2-6-13(12)22-8-9-23-15-18-17-14(20)19(15)10-11-4-3-7-21-11/h1-2,5-6,11H,3-4,7-10H2,(H,17,20). The van der Waals surface area contributed by atoms with Gasteiger partial charge in [-0.3, -0.25) is 4.57 Å². The minimum absolute atomic E-state index is 0.0688. The van der Waals surface area contributed by atoms with E-state index in [4.69, 9.17) is 9.47 Å². The molecule has 1 aromatic carbocycles. The summed E-state index contributed by atoms with van der Waals surface area (Å²) >= 11 is 1.39. The van der Waals surface area contributed by atoms with E-state index in [1.165, 1.54) is 17.8 Å². The Bertz CT molecular complexity index is 697. The van der Waals surface area contributed by atoms with Gasteiger partial charge in [-0.1, -0.05) is 23.9 Å². The van der Waals surface area contributed by atoms with Crippen molar-refractivity contribution in [3.63, 3.8) is 0 Å². The molecule has 0 amide bonds. The molecule has 0 saturated carbocycles. The Kier molecular flexibility index (Phi) is 5.35. The van der Waals surface area contributed by atoms with Gasteiger partial charge in [-0.05, 0) is 25.0 Å². The molecular formula is C15H18FN3O3S. The van der Waals surface area contributed by atoms with Crippen LogP contribution in [0.2, 0.25) is 0 Å². The van der Waals surface area contributed by atoms with Crippen molar-refractivity contribution in [1.29, 1.82) is 0 Å². The van der Waals surface area contributed by atoms with Gasteiger partial charge in [0.1, 0.15) is 0 Å². The molecule has 1 aliphatic heterocycles. The molecule has 0 spiro atoms. The van der Waals surface area contributed by atoms with Crippen molar-refractivity contribution >= 4 is 11.8 Å². The molecule has 8 heteroatoms. The van der Waals surface area contributed by atoms with Crippen LogP contribution in [-0.4, -0.2) is 39.8 Å². The quantitative estimate of drug-likeness (QED) is 0.618. The molecular weight excluding hydrogens is 321 g/mol. The van der Waals surface area contributed by atoms with Crippen molar-refractivity contribution in [3.05, 3.63) is 40.6 Å². The summed E-state index contributed by atoms with van der Waals surface area (Å²) in [6.45, 7) is 1.58. The average molecular weight is 339 g/mol. The summed E-state index contributed by atoms with van der Waals surface area (Å²) in [5.74, 6) is 0.406. The summed E-state index contributed by atoms with van der Waals surface area (Å²) in [7, 11) is 0. The Morgan fingerprint density at radius 1 is 1.48 bits per heavy atom. The Morgan fingerprint density at radius 3 is 3.13 bits per heavy atom. The van der Waals surface area contributed by atoms with Crippen molar-refractivity contribution in [3.8, 4) is 5.75 Å². The summed E-state index contributed by atoms with van der Waals surface area (Å²) < 4.78 is 26.0. The second-order valence-corrected chi connectivity index (χ2v) is 6.25. The van der Waals surface area contributed by atoms with E-state index in [1.807, 2.05) is 0 Å². The van der Waals surface area contributed by atoms with Gasteiger partial charge in [-0.15, -0.1) is 5.10 Å². The molecule has 2 heterocycles. The molecule has 23 heavy (non-hydrogen) atoms. The molecule has 0 aliphatic carbocycles. The topological polar surface area (TPSA) is 69.1 Å². The van der Waals surface area contributed by atoms with E-state index in [9.17, 15) is 9.18 Å². The molecule has 6 nitrogen and oxygen atoms in total. The fraction of sp³-hybridized carbons (Fsp3) is 0.467. The highest BCUT2D eigenvalue weighted by Gasteiger charge is 2.19. The first-order valence-electron chi connectivity index (χ1n) is 7.51. The average Bonchev–Trinajstić information content (AvgIpc) is 3.18. The van der Waals surface area contributed by atoms with E-state index in [2.05, 4.69) is 10.2 Å². The number of hydrogen-bond donors (Lipinski definition) is 1. The fourth-order valence-corrected chi connectivity index (χ4v) is 3.19. The van der Waals surface area contributed by atoms with Crippen LogP contribution in [0.5, 0.6) is 5.75 Å². The molecule has 1 fully saturated rings. The minimum Gasteiger partial charge on any atom is -0.490 e. The van der Waals surface area contributed by atoms with E-state index in [1.54, 1.807) is 22.8 Å². The lowest BCUT2D eigenvalue weighted by atomic mass is 10.2. The molecule has 1 saturated heterocycles. The summed E-state index contributed by atoms with van der Waals surface area (Å²) in [5.41, 5.74) is -0.238.